The van der Waals surface area contributed by atoms with E-state index in [9.17, 15) is 211 Å². The zero-order valence-corrected chi connectivity index (χ0v) is 73.5. The van der Waals surface area contributed by atoms with Gasteiger partial charge in [-0.1, -0.05) is 168 Å². The van der Waals surface area contributed by atoms with Crippen LogP contribution in [0.4, 0.5) is 211 Å². The van der Waals surface area contributed by atoms with Crippen LogP contribution in [0.5, 0.6) is 0 Å². The molecule has 0 amide bonds. The summed E-state index contributed by atoms with van der Waals surface area (Å²) in [7, 11) is 0. The predicted molar refractivity (Wildman–Crippen MR) is 422 cm³/mol. The summed E-state index contributed by atoms with van der Waals surface area (Å²) in [5, 5.41) is 1.79. The molecule has 145 heavy (non-hydrogen) atoms. The van der Waals surface area contributed by atoms with Crippen molar-refractivity contribution in [2.24, 2.45) is 0 Å². The van der Waals surface area contributed by atoms with Crippen molar-refractivity contribution in [3.8, 4) is 22.8 Å². The second-order valence-electron chi connectivity index (χ2n) is 29.8. The number of alkyl halides is 48. The van der Waals surface area contributed by atoms with Gasteiger partial charge in [-0.25, -0.2) is 19.9 Å². The van der Waals surface area contributed by atoms with E-state index in [4.69, 9.17) is 46.4 Å². The van der Waals surface area contributed by atoms with Crippen molar-refractivity contribution < 1.29 is 241 Å². The standard InChI is InChI=1S/2C32H12BF24.2C10H6Cl2N2.2H2O.Ru/c2*34-25(35,36)13-1-14(26(37,38)39)6-21(5-13)33(22-7-15(27(40,41)42)2-16(8-22)28(43,44)45,23-9-17(29(46,47)48)3-18(10-23)30(49,50)51)24-11-19(31(52,53)54)4-20(12-24)32(55,56)57;2*11-9-5-1-3-7(13-9)8-4-2-6-10(12)14-8;;;/h2*1-12H;2*1-6H;2*1H2;/q2*-1;;;;;+2. The van der Waals surface area contributed by atoms with Crippen molar-refractivity contribution in [3.05, 3.63) is 328 Å². The minimum atomic E-state index is -6.13. The summed E-state index contributed by atoms with van der Waals surface area (Å²) in [6.45, 7) is 0. The smallest absolute Gasteiger partial charge is 0.412 e. The molecule has 0 aliphatic rings. The number of benzene rings is 8. The Morgan fingerprint density at radius 1 is 0.145 bits per heavy atom. The van der Waals surface area contributed by atoms with Crippen LogP contribution in [0, 0.1) is 0 Å². The molecule has 6 nitrogen and oxygen atoms in total. The van der Waals surface area contributed by atoms with Crippen LogP contribution in [0.2, 0.25) is 20.6 Å². The summed E-state index contributed by atoms with van der Waals surface area (Å²) in [6, 6.07) is 3.91. The topological polar surface area (TPSA) is 115 Å². The van der Waals surface area contributed by atoms with E-state index in [1.165, 1.54) is 0 Å². The maximum absolute atomic E-state index is 14.2. The number of hydrogen-bond donors (Lipinski definition) is 0. The van der Waals surface area contributed by atoms with Crippen LogP contribution in [-0.4, -0.2) is 43.2 Å². The Bertz CT molecular complexity index is 5270. The van der Waals surface area contributed by atoms with Gasteiger partial charge in [0.15, 0.2) is 0 Å². The zero-order valence-electron chi connectivity index (χ0n) is 68.7. The molecule has 0 spiro atoms. The Morgan fingerprint density at radius 3 is 0.297 bits per heavy atom. The van der Waals surface area contributed by atoms with Crippen LogP contribution < -0.4 is 43.7 Å². The first-order valence-corrected chi connectivity index (χ1v) is 38.8. The fourth-order valence-corrected chi connectivity index (χ4v) is 15.0. The van der Waals surface area contributed by atoms with Gasteiger partial charge in [0.2, 0.25) is 0 Å². The minimum Gasteiger partial charge on any atom is -0.412 e. The Balaban J connectivity index is 0.000000341. The average Bonchev–Trinajstić information content (AvgIpc) is 0.708. The van der Waals surface area contributed by atoms with E-state index >= 15 is 0 Å². The molecule has 8 aromatic carbocycles. The summed E-state index contributed by atoms with van der Waals surface area (Å²) in [6.07, 6.45) is -110. The van der Waals surface area contributed by atoms with Crippen LogP contribution in [0.3, 0.4) is 0 Å². The van der Waals surface area contributed by atoms with Crippen LogP contribution >= 0.6 is 46.4 Å². The fraction of sp³-hybridized carbons (Fsp3) is 0.190. The maximum Gasteiger partial charge on any atom is 2.00 e. The van der Waals surface area contributed by atoms with E-state index in [0.717, 1.165) is 22.8 Å². The molecule has 0 bridgehead atoms. The van der Waals surface area contributed by atoms with E-state index in [1.54, 1.807) is 24.3 Å². The first-order valence-electron chi connectivity index (χ1n) is 37.3. The third-order valence-corrected chi connectivity index (χ3v) is 21.1. The molecule has 0 fully saturated rings. The van der Waals surface area contributed by atoms with Crippen LogP contribution in [0.1, 0.15) is 89.0 Å². The van der Waals surface area contributed by atoms with Crippen molar-refractivity contribution in [2.45, 2.75) is 98.8 Å². The molecule has 61 heteroatoms. The Labute approximate surface area is 809 Å². The minimum absolute atomic E-state index is 0. The molecule has 12 aromatic rings. The number of aromatic nitrogens is 4. The largest absolute Gasteiger partial charge is 2.00 e. The van der Waals surface area contributed by atoms with Gasteiger partial charge in [-0.2, -0.15) is 254 Å². The second kappa shape index (κ2) is 42.6. The molecule has 0 aliphatic carbocycles. The summed E-state index contributed by atoms with van der Waals surface area (Å²) in [4.78, 5) is 16.5. The second-order valence-corrected chi connectivity index (χ2v) is 31.4. The first kappa shape index (κ1) is 123. The molecule has 0 aliphatic heterocycles. The molecular weight excluding hydrogens is 2270 g/mol. The van der Waals surface area contributed by atoms with E-state index in [2.05, 4.69) is 19.9 Å². The van der Waals surface area contributed by atoms with E-state index in [1.807, 2.05) is 48.5 Å². The normalized spacial score (nSPS) is 13.2. The summed E-state index contributed by atoms with van der Waals surface area (Å²) in [5.41, 5.74) is -57.5. The quantitative estimate of drug-likeness (QED) is 0.0770. The van der Waals surface area contributed by atoms with Crippen LogP contribution in [0.25, 0.3) is 22.8 Å². The van der Waals surface area contributed by atoms with Crippen molar-refractivity contribution in [2.75, 3.05) is 0 Å². The van der Waals surface area contributed by atoms with E-state index in [0.29, 0.717) is 20.6 Å². The van der Waals surface area contributed by atoms with Crippen molar-refractivity contribution in [1.29, 1.82) is 0 Å². The van der Waals surface area contributed by atoms with Crippen LogP contribution in [-0.2, 0) is 118 Å². The fourth-order valence-electron chi connectivity index (χ4n) is 14.3. The van der Waals surface area contributed by atoms with Gasteiger partial charge in [-0.15, -0.1) is 0 Å². The van der Waals surface area contributed by atoms with Gasteiger partial charge in [-0.3, -0.25) is 0 Å². The number of nitrogens with zero attached hydrogens (tertiary/aromatic N) is 4. The van der Waals surface area contributed by atoms with Gasteiger partial charge >= 0.3 is 118 Å². The Kier molecular flexibility index (Phi) is 36.0. The third kappa shape index (κ3) is 29.7. The predicted octanol–water partition coefficient (Wildman–Crippen LogP) is 27.7. The maximum atomic E-state index is 14.2. The summed E-state index contributed by atoms with van der Waals surface area (Å²) in [5.74, 6) is 0. The number of pyridine rings is 4. The van der Waals surface area contributed by atoms with Crippen LogP contribution in [0.15, 0.2) is 218 Å². The van der Waals surface area contributed by atoms with Gasteiger partial charge in [0.25, 0.3) is 0 Å². The molecule has 0 atom stereocenters. The van der Waals surface area contributed by atoms with Crippen molar-refractivity contribution in [3.63, 3.8) is 0 Å². The zero-order chi connectivity index (χ0) is 108. The SMILES string of the molecule is Clc1cccc(-c2cccc(Cl)n2)n1.Clc1cccc(-c2cccc(Cl)n2)n1.FC(F)(F)c1cc([B-](c2cc(C(F)(F)F)cc(C(F)(F)F)c2)(c2cc(C(F)(F)F)cc(C(F)(F)F)c2)c2cc(C(F)(F)F)cc(C(F)(F)F)c2)cc(C(F)(F)F)c1.FC(F)(F)c1cc([B-](c2cc(C(F)(F)F)cc(C(F)(F)F)c2)(c2cc(C(F)(F)F)cc(C(F)(F)F)c2)c2cc(C(F)(F)F)cc(C(F)(F)F)c2)cc(C(F)(F)F)c1.O.O.[Ru+2]. The van der Waals surface area contributed by atoms with Crippen molar-refractivity contribution >= 4 is 102 Å². The monoisotopic (exact) mass is 2310 g/mol. The molecule has 0 saturated heterocycles. The number of hydrogen-bond acceptors (Lipinski definition) is 4. The van der Waals surface area contributed by atoms with Crippen molar-refractivity contribution in [1.82, 2.24) is 19.9 Å². The molecule has 12 rings (SSSR count). The molecule has 4 heterocycles. The van der Waals surface area contributed by atoms with E-state index in [-0.39, 0.29) is 30.4 Å². The Hall–Kier alpha value is -11.2. The van der Waals surface area contributed by atoms with Gasteiger partial charge in [0.05, 0.1) is 112 Å². The number of rotatable bonds is 10. The molecule has 4 N–H and O–H groups in total. The molecule has 0 saturated carbocycles. The van der Waals surface area contributed by atoms with Gasteiger partial charge in [-0.05, 0) is 97.1 Å². The average molecular weight is 2310 g/mol. The van der Waals surface area contributed by atoms with Gasteiger partial charge in [0.1, 0.15) is 32.9 Å². The first-order chi connectivity index (χ1) is 64.0. The summed E-state index contributed by atoms with van der Waals surface area (Å²) < 4.78 is 682. The number of halogens is 52. The van der Waals surface area contributed by atoms with Gasteiger partial charge < -0.3 is 11.0 Å². The summed E-state index contributed by atoms with van der Waals surface area (Å²) >= 11 is 23.1. The molecular formula is C84H40B2Cl4F48N4O2Ru. The molecule has 0 unspecified atom stereocenters. The Morgan fingerprint density at radius 2 is 0.228 bits per heavy atom. The van der Waals surface area contributed by atoms with Gasteiger partial charge in [0, 0.05) is 0 Å². The van der Waals surface area contributed by atoms with E-state index < -0.39 is 389 Å². The molecule has 786 valence electrons. The third-order valence-electron chi connectivity index (χ3n) is 20.3. The molecule has 4 aromatic heterocycles. The molecule has 0 radical (unpaired) electrons.